The highest BCUT2D eigenvalue weighted by atomic mass is 16.5. The highest BCUT2D eigenvalue weighted by Crippen LogP contribution is 2.40. The van der Waals surface area contributed by atoms with Gasteiger partial charge in [-0.2, -0.15) is 0 Å². The van der Waals surface area contributed by atoms with Crippen molar-refractivity contribution in [2.45, 2.75) is 33.1 Å². The predicted octanol–water partition coefficient (Wildman–Crippen LogP) is 2.98. The smallest absolute Gasteiger partial charge is 0.233 e. The molecule has 0 unspecified atom stereocenters. The summed E-state index contributed by atoms with van der Waals surface area (Å²) in [5, 5.41) is 0. The number of hydrogen-bond donors (Lipinski definition) is 0. The highest BCUT2D eigenvalue weighted by molar-refractivity contribution is 6.05. The molecule has 3 rings (SSSR count). The van der Waals surface area contributed by atoms with Gasteiger partial charge < -0.3 is 9.47 Å². The lowest BCUT2D eigenvalue weighted by molar-refractivity contribution is -0.139. The molecule has 0 spiro atoms. The standard InChI is InChI=1S/C20H25NO4/c1-12-9-15-16(10-13(12)2)20(23)21(19(15)22)8-7-14-5-6-17(24-3)18(11-14)25-4/h5-6,11,15-16H,7-10H2,1-4H3/t15-,16-/m1/s1. The van der Waals surface area contributed by atoms with Crippen LogP contribution in [-0.2, 0) is 16.0 Å². The first-order chi connectivity index (χ1) is 12.0. The van der Waals surface area contributed by atoms with E-state index >= 15 is 0 Å². The summed E-state index contributed by atoms with van der Waals surface area (Å²) in [6.07, 6.45) is 2.05. The molecule has 134 valence electrons. The van der Waals surface area contributed by atoms with Crippen molar-refractivity contribution >= 4 is 11.8 Å². The van der Waals surface area contributed by atoms with E-state index in [1.807, 2.05) is 18.2 Å². The van der Waals surface area contributed by atoms with Crippen molar-refractivity contribution in [3.05, 3.63) is 34.9 Å². The normalized spacial score (nSPS) is 23.1. The van der Waals surface area contributed by atoms with Gasteiger partial charge in [-0.25, -0.2) is 0 Å². The molecule has 5 heteroatoms. The Morgan fingerprint density at radius 1 is 0.960 bits per heavy atom. The Hall–Kier alpha value is -2.30. The molecule has 0 aromatic heterocycles. The van der Waals surface area contributed by atoms with Gasteiger partial charge in [-0.3, -0.25) is 14.5 Å². The zero-order valence-electron chi connectivity index (χ0n) is 15.3. The summed E-state index contributed by atoms with van der Waals surface area (Å²) < 4.78 is 10.6. The number of hydrogen-bond acceptors (Lipinski definition) is 4. The number of benzene rings is 1. The Bertz CT molecular complexity index is 705. The summed E-state index contributed by atoms with van der Waals surface area (Å²) in [5.74, 6) is 0.971. The Kier molecular flexibility index (Phi) is 4.84. The van der Waals surface area contributed by atoms with Crippen LogP contribution in [0.4, 0.5) is 0 Å². The lowest BCUT2D eigenvalue weighted by Crippen LogP contribution is -2.33. The van der Waals surface area contributed by atoms with Gasteiger partial charge in [0.15, 0.2) is 11.5 Å². The monoisotopic (exact) mass is 343 g/mol. The van der Waals surface area contributed by atoms with Gasteiger partial charge in [0.25, 0.3) is 0 Å². The maximum Gasteiger partial charge on any atom is 0.233 e. The Balaban J connectivity index is 1.70. The molecule has 0 radical (unpaired) electrons. The van der Waals surface area contributed by atoms with Crippen molar-refractivity contribution < 1.29 is 19.1 Å². The molecule has 1 fully saturated rings. The SMILES string of the molecule is COc1ccc(CCN2C(=O)[C@@H]3CC(C)=C(C)C[C@H]3C2=O)cc1OC. The summed E-state index contributed by atoms with van der Waals surface area (Å²) >= 11 is 0. The van der Waals surface area contributed by atoms with Gasteiger partial charge in [0.05, 0.1) is 26.1 Å². The number of carbonyl (C=O) groups is 2. The van der Waals surface area contributed by atoms with Crippen LogP contribution in [0.25, 0.3) is 0 Å². The van der Waals surface area contributed by atoms with E-state index in [4.69, 9.17) is 9.47 Å². The Morgan fingerprint density at radius 3 is 2.04 bits per heavy atom. The van der Waals surface area contributed by atoms with Gasteiger partial charge in [-0.05, 0) is 50.8 Å². The number of methoxy groups -OCH3 is 2. The summed E-state index contributed by atoms with van der Waals surface area (Å²) in [6, 6.07) is 5.68. The molecule has 2 aliphatic rings. The van der Waals surface area contributed by atoms with E-state index in [0.717, 1.165) is 5.56 Å². The zero-order chi connectivity index (χ0) is 18.1. The number of likely N-dealkylation sites (tertiary alicyclic amines) is 1. The number of imide groups is 1. The molecule has 0 saturated carbocycles. The molecule has 0 N–H and O–H groups in total. The molecule has 1 aromatic carbocycles. The van der Waals surface area contributed by atoms with Gasteiger partial charge in [0.1, 0.15) is 0 Å². The van der Waals surface area contributed by atoms with Crippen molar-refractivity contribution in [2.75, 3.05) is 20.8 Å². The minimum atomic E-state index is -0.165. The first kappa shape index (κ1) is 17.5. The topological polar surface area (TPSA) is 55.8 Å². The van der Waals surface area contributed by atoms with Crippen LogP contribution in [0.5, 0.6) is 11.5 Å². The molecular formula is C20H25NO4. The largest absolute Gasteiger partial charge is 0.493 e. The third-order valence-corrected chi connectivity index (χ3v) is 5.50. The number of nitrogens with zero attached hydrogens (tertiary/aromatic N) is 1. The molecule has 1 aliphatic heterocycles. The molecule has 5 nitrogen and oxygen atoms in total. The fraction of sp³-hybridized carbons (Fsp3) is 0.500. The van der Waals surface area contributed by atoms with E-state index in [1.165, 1.54) is 16.0 Å². The van der Waals surface area contributed by atoms with Crippen LogP contribution in [0.15, 0.2) is 29.3 Å². The molecule has 0 bridgehead atoms. The van der Waals surface area contributed by atoms with Crippen LogP contribution in [0.3, 0.4) is 0 Å². The molecule has 25 heavy (non-hydrogen) atoms. The van der Waals surface area contributed by atoms with Crippen molar-refractivity contribution in [3.63, 3.8) is 0 Å². The summed E-state index contributed by atoms with van der Waals surface area (Å²) in [6.45, 7) is 4.55. The maximum absolute atomic E-state index is 12.7. The Morgan fingerprint density at radius 2 is 1.52 bits per heavy atom. The van der Waals surface area contributed by atoms with E-state index in [-0.39, 0.29) is 23.7 Å². The van der Waals surface area contributed by atoms with Gasteiger partial charge >= 0.3 is 0 Å². The summed E-state index contributed by atoms with van der Waals surface area (Å²) in [7, 11) is 3.19. The van der Waals surface area contributed by atoms with Gasteiger partial charge in [-0.15, -0.1) is 0 Å². The minimum Gasteiger partial charge on any atom is -0.493 e. The minimum absolute atomic E-state index is 0.0117. The number of carbonyl (C=O) groups excluding carboxylic acids is 2. The lowest BCUT2D eigenvalue weighted by Gasteiger charge is -2.23. The van der Waals surface area contributed by atoms with Crippen LogP contribution >= 0.6 is 0 Å². The molecule has 2 atom stereocenters. The number of rotatable bonds is 5. The van der Waals surface area contributed by atoms with E-state index < -0.39 is 0 Å². The van der Waals surface area contributed by atoms with Crippen molar-refractivity contribution in [2.24, 2.45) is 11.8 Å². The van der Waals surface area contributed by atoms with Crippen molar-refractivity contribution in [1.29, 1.82) is 0 Å². The van der Waals surface area contributed by atoms with Crippen molar-refractivity contribution in [3.8, 4) is 11.5 Å². The van der Waals surface area contributed by atoms with E-state index in [1.54, 1.807) is 14.2 Å². The molecular weight excluding hydrogens is 318 g/mol. The second-order valence-corrected chi connectivity index (χ2v) is 6.95. The first-order valence-corrected chi connectivity index (χ1v) is 8.67. The Labute approximate surface area is 148 Å². The first-order valence-electron chi connectivity index (χ1n) is 8.67. The van der Waals surface area contributed by atoms with Crippen LogP contribution in [-0.4, -0.2) is 37.5 Å². The van der Waals surface area contributed by atoms with E-state index in [2.05, 4.69) is 13.8 Å². The fourth-order valence-electron chi connectivity index (χ4n) is 3.82. The molecule has 1 heterocycles. The average molecular weight is 343 g/mol. The van der Waals surface area contributed by atoms with E-state index in [0.29, 0.717) is 37.3 Å². The van der Waals surface area contributed by atoms with Crippen molar-refractivity contribution in [1.82, 2.24) is 4.90 Å². The second kappa shape index (κ2) is 6.90. The lowest BCUT2D eigenvalue weighted by atomic mass is 9.78. The predicted molar refractivity (Wildman–Crippen MR) is 94.6 cm³/mol. The fourth-order valence-corrected chi connectivity index (χ4v) is 3.82. The number of ether oxygens (including phenoxy) is 2. The molecule has 2 amide bonds. The van der Waals surface area contributed by atoms with Crippen LogP contribution in [0.1, 0.15) is 32.3 Å². The quantitative estimate of drug-likeness (QED) is 0.609. The zero-order valence-corrected chi connectivity index (χ0v) is 15.3. The average Bonchev–Trinajstić information content (AvgIpc) is 2.84. The maximum atomic E-state index is 12.7. The van der Waals surface area contributed by atoms with Crippen LogP contribution in [0.2, 0.25) is 0 Å². The van der Waals surface area contributed by atoms with Gasteiger partial charge in [0, 0.05) is 6.54 Å². The third kappa shape index (κ3) is 3.15. The second-order valence-electron chi connectivity index (χ2n) is 6.95. The molecule has 1 aromatic rings. The number of allylic oxidation sites excluding steroid dienone is 2. The molecule has 1 aliphatic carbocycles. The molecule has 1 saturated heterocycles. The van der Waals surface area contributed by atoms with E-state index in [9.17, 15) is 9.59 Å². The van der Waals surface area contributed by atoms with Crippen LogP contribution < -0.4 is 9.47 Å². The summed E-state index contributed by atoms with van der Waals surface area (Å²) in [4.78, 5) is 26.8. The van der Waals surface area contributed by atoms with Crippen LogP contribution in [0, 0.1) is 11.8 Å². The number of amides is 2. The highest BCUT2D eigenvalue weighted by Gasteiger charge is 2.48. The summed E-state index contributed by atoms with van der Waals surface area (Å²) in [5.41, 5.74) is 3.52. The van der Waals surface area contributed by atoms with Gasteiger partial charge in [-0.1, -0.05) is 17.2 Å². The van der Waals surface area contributed by atoms with Gasteiger partial charge in [0.2, 0.25) is 11.8 Å². The number of fused-ring (bicyclic) bond motifs is 1. The third-order valence-electron chi connectivity index (χ3n) is 5.50.